The molecule has 0 aliphatic carbocycles. The van der Waals surface area contributed by atoms with E-state index in [1.807, 2.05) is 30.3 Å². The molecule has 0 spiro atoms. The summed E-state index contributed by atoms with van der Waals surface area (Å²) in [6.45, 7) is 32.2. The molecule has 3 aromatic heterocycles. The van der Waals surface area contributed by atoms with Crippen LogP contribution in [0.3, 0.4) is 0 Å². The van der Waals surface area contributed by atoms with Crippen LogP contribution < -0.4 is 0 Å². The van der Waals surface area contributed by atoms with Crippen molar-refractivity contribution in [2.24, 2.45) is 0 Å². The van der Waals surface area contributed by atoms with Crippen molar-refractivity contribution >= 4 is 44.4 Å². The van der Waals surface area contributed by atoms with Gasteiger partial charge < -0.3 is 9.97 Å². The first kappa shape index (κ1) is 44.4. The maximum atomic E-state index is 5.64. The fraction of sp³-hybridized carbons (Fsp3) is 0.333. The number of allylic oxidation sites excluding steroid dienone is 4. The minimum Gasteiger partial charge on any atom is -0.354 e. The molecule has 8 rings (SSSR count). The van der Waals surface area contributed by atoms with Crippen LogP contribution in [0.1, 0.15) is 163 Å². The van der Waals surface area contributed by atoms with Crippen LogP contribution >= 0.6 is 0 Å². The molecular formula is C60H66N4. The number of aromatic amines is 2. The lowest BCUT2D eigenvalue weighted by Crippen LogP contribution is -2.16. The van der Waals surface area contributed by atoms with Gasteiger partial charge in [-0.1, -0.05) is 130 Å². The Balaban J connectivity index is 1.54. The molecule has 0 atom stereocenters. The fourth-order valence-corrected chi connectivity index (χ4v) is 9.90. The van der Waals surface area contributed by atoms with E-state index < -0.39 is 0 Å². The zero-order valence-corrected chi connectivity index (χ0v) is 40.8. The van der Waals surface area contributed by atoms with Crippen molar-refractivity contribution in [3.8, 4) is 34.1 Å². The van der Waals surface area contributed by atoms with Crippen molar-refractivity contribution in [2.75, 3.05) is 0 Å². The molecule has 0 amide bonds. The van der Waals surface area contributed by atoms with E-state index >= 15 is 0 Å². The molecule has 5 heterocycles. The molecule has 4 nitrogen and oxygen atoms in total. The Morgan fingerprint density at radius 2 is 0.922 bits per heavy atom. The summed E-state index contributed by atoms with van der Waals surface area (Å²) in [5.41, 5.74) is 27.8. The van der Waals surface area contributed by atoms with E-state index in [9.17, 15) is 0 Å². The van der Waals surface area contributed by atoms with E-state index in [0.29, 0.717) is 0 Å². The molecule has 64 heavy (non-hydrogen) atoms. The summed E-state index contributed by atoms with van der Waals surface area (Å²) in [4.78, 5) is 19.5. The summed E-state index contributed by atoms with van der Waals surface area (Å²) >= 11 is 0. The van der Waals surface area contributed by atoms with Crippen molar-refractivity contribution in [1.29, 1.82) is 0 Å². The number of aromatic nitrogens is 4. The molecule has 3 aromatic carbocycles. The fourth-order valence-electron chi connectivity index (χ4n) is 9.90. The molecule has 2 aliphatic rings. The lowest BCUT2D eigenvalue weighted by molar-refractivity contribution is 0.569. The van der Waals surface area contributed by atoms with Crippen molar-refractivity contribution in [2.45, 2.75) is 133 Å². The van der Waals surface area contributed by atoms with E-state index in [4.69, 9.17) is 9.97 Å². The Kier molecular flexibility index (Phi) is 11.9. The molecule has 6 aromatic rings. The van der Waals surface area contributed by atoms with Gasteiger partial charge in [0, 0.05) is 33.3 Å². The van der Waals surface area contributed by atoms with Crippen LogP contribution in [0.25, 0.3) is 66.6 Å². The van der Waals surface area contributed by atoms with Gasteiger partial charge in [0.25, 0.3) is 0 Å². The van der Waals surface area contributed by atoms with Gasteiger partial charge in [-0.2, -0.15) is 0 Å². The number of hydrogen-bond donors (Lipinski definition) is 2. The topological polar surface area (TPSA) is 57.4 Å². The monoisotopic (exact) mass is 843 g/mol. The first-order chi connectivity index (χ1) is 30.5. The van der Waals surface area contributed by atoms with Crippen molar-refractivity contribution in [1.82, 2.24) is 19.9 Å². The third-order valence-corrected chi connectivity index (χ3v) is 13.7. The van der Waals surface area contributed by atoms with Crippen LogP contribution in [0.5, 0.6) is 0 Å². The number of benzene rings is 3. The highest BCUT2D eigenvalue weighted by molar-refractivity contribution is 6.03. The summed E-state index contributed by atoms with van der Waals surface area (Å²) in [5, 5.41) is 0. The van der Waals surface area contributed by atoms with Crippen molar-refractivity contribution in [3.05, 3.63) is 152 Å². The molecule has 4 heteroatoms. The zero-order chi connectivity index (χ0) is 45.8. The van der Waals surface area contributed by atoms with Gasteiger partial charge in [0.15, 0.2) is 0 Å². The summed E-state index contributed by atoms with van der Waals surface area (Å²) < 4.78 is 0. The van der Waals surface area contributed by atoms with Gasteiger partial charge in [0.1, 0.15) is 0 Å². The molecule has 0 saturated carbocycles. The summed E-state index contributed by atoms with van der Waals surface area (Å²) in [6, 6.07) is 30.8. The largest absolute Gasteiger partial charge is 0.354 e. The molecule has 0 unspecified atom stereocenters. The Labute approximate surface area is 382 Å². The second kappa shape index (κ2) is 17.1. The van der Waals surface area contributed by atoms with Gasteiger partial charge in [0.05, 0.1) is 33.8 Å². The predicted molar refractivity (Wildman–Crippen MR) is 275 cm³/mol. The number of hydrogen-bond acceptors (Lipinski definition) is 2. The Bertz CT molecular complexity index is 2960. The highest BCUT2D eigenvalue weighted by atomic mass is 14.8. The van der Waals surface area contributed by atoms with Crippen LogP contribution in [0.4, 0.5) is 0 Å². The van der Waals surface area contributed by atoms with Crippen molar-refractivity contribution in [3.63, 3.8) is 0 Å². The molecular weight excluding hydrogens is 777 g/mol. The Morgan fingerprint density at radius 3 is 1.33 bits per heavy atom. The Morgan fingerprint density at radius 1 is 0.484 bits per heavy atom. The summed E-state index contributed by atoms with van der Waals surface area (Å²) in [5.74, 6) is 6.72. The van der Waals surface area contributed by atoms with Crippen LogP contribution in [-0.4, -0.2) is 19.9 Å². The number of nitrogens with one attached hydrogen (secondary N) is 2. The highest BCUT2D eigenvalue weighted by Crippen LogP contribution is 2.45. The normalized spacial score (nSPS) is 13.2. The molecule has 2 aliphatic heterocycles. The number of rotatable bonds is 6. The maximum Gasteiger partial charge on any atom is 0.0769 e. The van der Waals surface area contributed by atoms with E-state index in [2.05, 4.69) is 173 Å². The lowest BCUT2D eigenvalue weighted by atomic mass is 9.78. The second-order valence-corrected chi connectivity index (χ2v) is 19.9. The minimum absolute atomic E-state index is 0.0367. The standard InChI is InChI=1S/C60H66N4/c1-15-45-35(5)55-53(41-28-26-40(27-29-41)25-24-39-22-20-19-21-23-39)56-36(6)46(16-2)50(62-56)34-52-48(18-4)38(8)58(64-52)54(57-37(7)47(17-3)51(63-57)33-49(45)61-55)42-30-43(59(9,10)11)32-44(31-42)60(12,13)14/h19-23,26-34,63-64H,15-18H2,1-14H3. The summed E-state index contributed by atoms with van der Waals surface area (Å²) in [7, 11) is 0. The van der Waals surface area contributed by atoms with Crippen LogP contribution in [0, 0.1) is 25.7 Å². The minimum atomic E-state index is -0.0367. The van der Waals surface area contributed by atoms with Gasteiger partial charge in [-0.25, -0.2) is 9.97 Å². The molecule has 8 bridgehead atoms. The van der Waals surface area contributed by atoms with Gasteiger partial charge in [-0.3, -0.25) is 0 Å². The average Bonchev–Trinajstić information content (AvgIpc) is 3.95. The molecule has 0 saturated heterocycles. The number of H-pyrrole nitrogens is 2. The van der Waals surface area contributed by atoms with Crippen molar-refractivity contribution < 1.29 is 0 Å². The molecule has 326 valence electrons. The van der Waals surface area contributed by atoms with Gasteiger partial charge in [0.2, 0.25) is 0 Å². The van der Waals surface area contributed by atoms with Crippen LogP contribution in [-0.2, 0) is 23.7 Å². The van der Waals surface area contributed by atoms with Crippen LogP contribution in [0.15, 0.2) is 84.9 Å². The van der Waals surface area contributed by atoms with Crippen LogP contribution in [0.2, 0.25) is 0 Å². The predicted octanol–water partition coefficient (Wildman–Crippen LogP) is 16.1. The molecule has 0 fully saturated rings. The molecule has 2 N–H and O–H groups in total. The SMILES string of the molecule is CCC1=C(C)c2nc1cc1[nH]c(c(C)c1CC)c(-c1cc(C(C)(C)C)cc(C(C)(C)C)c1)c1[nH]c(cc3nc(c2-c2ccc(C#Cc4ccccc4)cc2)C(C)=C3CC)c(CC)c1C. The zero-order valence-electron chi connectivity index (χ0n) is 40.8. The Hall–Kier alpha value is -6.18. The van der Waals surface area contributed by atoms with E-state index in [1.165, 1.54) is 66.8 Å². The van der Waals surface area contributed by atoms with Gasteiger partial charge >= 0.3 is 0 Å². The number of fused-ring (bicyclic) bond motifs is 8. The average molecular weight is 843 g/mol. The highest BCUT2D eigenvalue weighted by Gasteiger charge is 2.28. The smallest absolute Gasteiger partial charge is 0.0769 e. The van der Waals surface area contributed by atoms with Gasteiger partial charge in [-0.05, 0) is 167 Å². The van der Waals surface area contributed by atoms with E-state index in [1.54, 1.807) is 0 Å². The van der Waals surface area contributed by atoms with Gasteiger partial charge in [-0.15, -0.1) is 0 Å². The lowest BCUT2D eigenvalue weighted by Gasteiger charge is -2.26. The molecule has 0 radical (unpaired) electrons. The second-order valence-electron chi connectivity index (χ2n) is 19.9. The third kappa shape index (κ3) is 8.00. The first-order valence-corrected chi connectivity index (χ1v) is 23.5. The summed E-state index contributed by atoms with van der Waals surface area (Å²) in [6.07, 6.45) is 3.51. The third-order valence-electron chi connectivity index (χ3n) is 13.7. The first-order valence-electron chi connectivity index (χ1n) is 23.5. The number of aryl methyl sites for hydroxylation is 4. The quantitative estimate of drug-likeness (QED) is 0.164. The van der Waals surface area contributed by atoms with E-state index in [0.717, 1.165) is 92.8 Å². The maximum absolute atomic E-state index is 5.64. The van der Waals surface area contributed by atoms with E-state index in [-0.39, 0.29) is 10.8 Å². The number of nitrogens with zero attached hydrogens (tertiary/aromatic N) is 2.